The van der Waals surface area contributed by atoms with Crippen LogP contribution in [0.1, 0.15) is 12.8 Å². The van der Waals surface area contributed by atoms with E-state index in [0.717, 1.165) is 17.8 Å². The Labute approximate surface area is 104 Å². The molecule has 1 aliphatic carbocycles. The van der Waals surface area contributed by atoms with E-state index < -0.39 is 0 Å². The molecule has 2 heterocycles. The maximum atomic E-state index is 11.8. The summed E-state index contributed by atoms with van der Waals surface area (Å²) in [5.41, 5.74) is 1.80. The van der Waals surface area contributed by atoms with E-state index in [4.69, 9.17) is 0 Å². The highest BCUT2D eigenvalue weighted by molar-refractivity contribution is 5.97. The number of nitrogens with one attached hydrogen (secondary N) is 2. The second-order valence-corrected chi connectivity index (χ2v) is 4.42. The van der Waals surface area contributed by atoms with Crippen molar-refractivity contribution in [2.75, 3.05) is 13.1 Å². The summed E-state index contributed by atoms with van der Waals surface area (Å²) in [5, 5.41) is 5.61. The average molecular weight is 246 g/mol. The molecule has 0 aromatic carbocycles. The van der Waals surface area contributed by atoms with Gasteiger partial charge in [0.05, 0.1) is 17.4 Å². The van der Waals surface area contributed by atoms with E-state index in [1.165, 1.54) is 0 Å². The van der Waals surface area contributed by atoms with Gasteiger partial charge >= 0.3 is 6.03 Å². The normalized spacial score (nSPS) is 26.9. The Morgan fingerprint density at radius 2 is 2.28 bits per heavy atom. The number of nitrogens with zero attached hydrogens (tertiary/aromatic N) is 2. The maximum absolute atomic E-state index is 11.8. The van der Waals surface area contributed by atoms with Crippen molar-refractivity contribution in [1.82, 2.24) is 15.5 Å². The summed E-state index contributed by atoms with van der Waals surface area (Å²) in [5.74, 6) is -0.215. The molecule has 1 unspecified atom stereocenters. The van der Waals surface area contributed by atoms with Crippen molar-refractivity contribution in [2.45, 2.75) is 18.9 Å². The number of carbonyl (C=O) groups excluding carboxylic acids is 2. The number of allylic oxidation sites excluding steroid dienone is 1. The van der Waals surface area contributed by atoms with Crippen molar-refractivity contribution < 1.29 is 9.59 Å². The quantitative estimate of drug-likeness (QED) is 0.691. The lowest BCUT2D eigenvalue weighted by Crippen LogP contribution is -2.50. The Kier molecular flexibility index (Phi) is 2.62. The largest absolute Gasteiger partial charge is 0.380 e. The Hall–Kier alpha value is -2.11. The molecule has 0 saturated carbocycles. The molecule has 0 aromatic heterocycles. The standard InChI is InChI=1S/C12H14N4O2/c17-10-4-7-16(12(18)15-10)9-3-1-2-8-11(9)14-6-5-13-8/h1,3,5,8,14H,2,4,6-7H2,(H,15,17,18). The van der Waals surface area contributed by atoms with Crippen molar-refractivity contribution in [1.29, 1.82) is 0 Å². The molecule has 3 rings (SSSR count). The van der Waals surface area contributed by atoms with Crippen LogP contribution in [-0.2, 0) is 4.79 Å². The number of rotatable bonds is 1. The van der Waals surface area contributed by atoms with Gasteiger partial charge in [-0.2, -0.15) is 0 Å². The predicted molar refractivity (Wildman–Crippen MR) is 65.9 cm³/mol. The van der Waals surface area contributed by atoms with E-state index in [0.29, 0.717) is 19.5 Å². The van der Waals surface area contributed by atoms with Gasteiger partial charge in [0, 0.05) is 25.7 Å². The number of aliphatic imine (C=N–C) groups is 1. The number of hydrogen-bond acceptors (Lipinski definition) is 4. The molecular weight excluding hydrogens is 232 g/mol. The van der Waals surface area contributed by atoms with Gasteiger partial charge < -0.3 is 5.32 Å². The molecule has 6 nitrogen and oxygen atoms in total. The number of carbonyl (C=O) groups is 2. The summed E-state index contributed by atoms with van der Waals surface area (Å²) in [6.07, 6.45) is 6.97. The van der Waals surface area contributed by atoms with Crippen LogP contribution < -0.4 is 10.6 Å². The number of amides is 3. The van der Waals surface area contributed by atoms with Crippen LogP contribution in [0.4, 0.5) is 4.79 Å². The smallest absolute Gasteiger partial charge is 0.328 e. The highest BCUT2D eigenvalue weighted by Gasteiger charge is 2.30. The zero-order chi connectivity index (χ0) is 12.5. The van der Waals surface area contributed by atoms with E-state index in [2.05, 4.69) is 15.6 Å². The van der Waals surface area contributed by atoms with E-state index >= 15 is 0 Å². The first-order valence-electron chi connectivity index (χ1n) is 6.03. The van der Waals surface area contributed by atoms with Crippen molar-refractivity contribution in [2.24, 2.45) is 4.99 Å². The molecule has 0 aromatic rings. The summed E-state index contributed by atoms with van der Waals surface area (Å²) in [7, 11) is 0. The van der Waals surface area contributed by atoms with Gasteiger partial charge in [-0.25, -0.2) is 4.79 Å². The second kappa shape index (κ2) is 4.29. The van der Waals surface area contributed by atoms with Gasteiger partial charge in [-0.1, -0.05) is 6.08 Å². The van der Waals surface area contributed by atoms with Crippen LogP contribution in [0.2, 0.25) is 0 Å². The summed E-state index contributed by atoms with van der Waals surface area (Å²) in [6, 6.07) is -0.278. The number of fused-ring (bicyclic) bond motifs is 1. The minimum Gasteiger partial charge on any atom is -0.380 e. The fourth-order valence-corrected chi connectivity index (χ4v) is 2.40. The van der Waals surface area contributed by atoms with Crippen molar-refractivity contribution >= 4 is 18.2 Å². The fraction of sp³-hybridized carbons (Fsp3) is 0.417. The van der Waals surface area contributed by atoms with Crippen LogP contribution in [-0.4, -0.2) is 42.2 Å². The molecule has 3 aliphatic rings. The zero-order valence-corrected chi connectivity index (χ0v) is 9.85. The van der Waals surface area contributed by atoms with Gasteiger partial charge in [0.25, 0.3) is 0 Å². The van der Waals surface area contributed by atoms with Crippen LogP contribution in [0.25, 0.3) is 0 Å². The third-order valence-corrected chi connectivity index (χ3v) is 3.26. The van der Waals surface area contributed by atoms with Crippen molar-refractivity contribution in [3.8, 4) is 0 Å². The first-order valence-corrected chi connectivity index (χ1v) is 6.03. The van der Waals surface area contributed by atoms with Crippen LogP contribution in [0, 0.1) is 0 Å². The topological polar surface area (TPSA) is 73.8 Å². The highest BCUT2D eigenvalue weighted by Crippen LogP contribution is 2.25. The van der Waals surface area contributed by atoms with E-state index in [9.17, 15) is 9.59 Å². The Morgan fingerprint density at radius 3 is 3.11 bits per heavy atom. The Bertz CT molecular complexity index is 492. The van der Waals surface area contributed by atoms with Gasteiger partial charge in [-0.3, -0.25) is 20.0 Å². The molecule has 0 radical (unpaired) electrons. The van der Waals surface area contributed by atoms with Crippen molar-refractivity contribution in [3.05, 3.63) is 23.5 Å². The summed E-state index contributed by atoms with van der Waals surface area (Å²) >= 11 is 0. The summed E-state index contributed by atoms with van der Waals surface area (Å²) in [4.78, 5) is 29.0. The molecule has 1 saturated heterocycles. The average Bonchev–Trinajstić information content (AvgIpc) is 2.38. The Morgan fingerprint density at radius 1 is 1.39 bits per heavy atom. The van der Waals surface area contributed by atoms with Gasteiger partial charge in [0.15, 0.2) is 0 Å². The van der Waals surface area contributed by atoms with Crippen LogP contribution in [0.5, 0.6) is 0 Å². The predicted octanol–water partition coefficient (Wildman–Crippen LogP) is 0.142. The molecule has 2 aliphatic heterocycles. The van der Waals surface area contributed by atoms with Crippen LogP contribution in [0.15, 0.2) is 28.5 Å². The monoisotopic (exact) mass is 246 g/mol. The lowest BCUT2D eigenvalue weighted by Gasteiger charge is -2.33. The third-order valence-electron chi connectivity index (χ3n) is 3.26. The van der Waals surface area contributed by atoms with Crippen LogP contribution in [0.3, 0.4) is 0 Å². The number of hydrogen-bond donors (Lipinski definition) is 2. The summed E-state index contributed by atoms with van der Waals surface area (Å²) < 4.78 is 0. The summed E-state index contributed by atoms with van der Waals surface area (Å²) in [6.45, 7) is 1.10. The van der Waals surface area contributed by atoms with Gasteiger partial charge in [0.2, 0.25) is 5.91 Å². The van der Waals surface area contributed by atoms with Gasteiger partial charge in [-0.15, -0.1) is 0 Å². The lowest BCUT2D eigenvalue weighted by molar-refractivity contribution is -0.121. The molecule has 3 amide bonds. The maximum Gasteiger partial charge on any atom is 0.328 e. The molecule has 6 heteroatoms. The Balaban J connectivity index is 1.92. The minimum absolute atomic E-state index is 0.0733. The van der Waals surface area contributed by atoms with Gasteiger partial charge in [-0.05, 0) is 12.5 Å². The molecule has 18 heavy (non-hydrogen) atoms. The van der Waals surface area contributed by atoms with Gasteiger partial charge in [0.1, 0.15) is 0 Å². The second-order valence-electron chi connectivity index (χ2n) is 4.42. The SMILES string of the molecule is O=C1CCN(C2=C3NCC=NC3CC=C2)C(=O)N1. The van der Waals surface area contributed by atoms with E-state index in [-0.39, 0.29) is 18.0 Å². The first-order chi connectivity index (χ1) is 8.75. The third kappa shape index (κ3) is 1.79. The zero-order valence-electron chi connectivity index (χ0n) is 9.85. The van der Waals surface area contributed by atoms with Crippen molar-refractivity contribution in [3.63, 3.8) is 0 Å². The molecule has 1 atom stereocenters. The number of urea groups is 1. The van der Waals surface area contributed by atoms with E-state index in [1.807, 2.05) is 18.4 Å². The minimum atomic E-state index is -0.351. The molecule has 0 spiro atoms. The highest BCUT2D eigenvalue weighted by atomic mass is 16.2. The number of imide groups is 1. The molecule has 0 bridgehead atoms. The molecule has 2 N–H and O–H groups in total. The fourth-order valence-electron chi connectivity index (χ4n) is 2.40. The molecular formula is C12H14N4O2. The molecule has 1 fully saturated rings. The first kappa shape index (κ1) is 11.0. The van der Waals surface area contributed by atoms with Crippen LogP contribution >= 0.6 is 0 Å². The molecule has 94 valence electrons. The lowest BCUT2D eigenvalue weighted by atomic mass is 10.0. The van der Waals surface area contributed by atoms with E-state index in [1.54, 1.807) is 4.90 Å².